The monoisotopic (exact) mass is 600 g/mol. The summed E-state index contributed by atoms with van der Waals surface area (Å²) in [5.41, 5.74) is 2.74. The first-order valence-corrected chi connectivity index (χ1v) is 14.0. The van der Waals surface area contributed by atoms with Crippen LogP contribution in [-0.4, -0.2) is 28.4 Å². The number of benzene rings is 3. The molecule has 1 fully saturated rings. The van der Waals surface area contributed by atoms with Gasteiger partial charge in [0.25, 0.3) is 5.91 Å². The highest BCUT2D eigenvalue weighted by Gasteiger charge is 2.35. The molecule has 0 spiro atoms. The van der Waals surface area contributed by atoms with Gasteiger partial charge >= 0.3 is 6.36 Å². The molecule has 42 heavy (non-hydrogen) atoms. The summed E-state index contributed by atoms with van der Waals surface area (Å²) in [5.74, 6) is 0.885. The fraction of sp³-hybridized carbons (Fsp3) is 0.355. The maximum atomic E-state index is 12.6. The second-order valence-corrected chi connectivity index (χ2v) is 11.9. The fourth-order valence-corrected chi connectivity index (χ4v) is 6.07. The van der Waals surface area contributed by atoms with E-state index >= 15 is 0 Å². The van der Waals surface area contributed by atoms with Crippen LogP contribution < -0.4 is 20.1 Å². The first kappa shape index (κ1) is 29.6. The third-order valence-corrected chi connectivity index (χ3v) is 7.58. The molecular weight excluding hydrogens is 569 g/mol. The molecule has 1 amide bonds. The third kappa shape index (κ3) is 7.28. The van der Waals surface area contributed by atoms with Gasteiger partial charge in [-0.1, -0.05) is 44.5 Å². The topological polar surface area (TPSA) is 77.4 Å². The van der Waals surface area contributed by atoms with Crippen LogP contribution in [0.25, 0.3) is 11.0 Å². The Kier molecular flexibility index (Phi) is 8.28. The zero-order chi connectivity index (χ0) is 30.1. The highest BCUT2D eigenvalue weighted by Crippen LogP contribution is 2.46. The fourth-order valence-electron chi connectivity index (χ4n) is 5.89. The van der Waals surface area contributed by atoms with E-state index in [2.05, 4.69) is 40.7 Å². The number of fused-ring (bicyclic) bond motifs is 1. The van der Waals surface area contributed by atoms with Crippen LogP contribution in [0.2, 0.25) is 5.02 Å². The van der Waals surface area contributed by atoms with Gasteiger partial charge in [0.05, 0.1) is 21.7 Å². The summed E-state index contributed by atoms with van der Waals surface area (Å²) in [6.07, 6.45) is -1.74. The van der Waals surface area contributed by atoms with E-state index in [1.54, 1.807) is 36.4 Å². The maximum Gasteiger partial charge on any atom is 0.573 e. The number of halogens is 4. The lowest BCUT2D eigenvalue weighted by Crippen LogP contribution is -2.29. The predicted molar refractivity (Wildman–Crippen MR) is 158 cm³/mol. The van der Waals surface area contributed by atoms with Crippen molar-refractivity contribution in [1.82, 2.24) is 9.55 Å². The highest BCUT2D eigenvalue weighted by atomic mass is 35.5. The van der Waals surface area contributed by atoms with Crippen molar-refractivity contribution in [1.29, 1.82) is 0 Å². The minimum atomic E-state index is -4.76. The number of hydrogen-bond acceptors (Lipinski definition) is 5. The number of anilines is 3. The number of ether oxygens (including phenoxy) is 2. The third-order valence-electron chi connectivity index (χ3n) is 7.25. The standard InChI is InChI=1S/C31H32ClF3N4O3/c1-19-14-21(17-30(2,3)16-19)39-27-13-12-23(41-18-28(40)37-25-7-5-4-6-24(25)32)15-26(27)38-29(39)36-20-8-10-22(11-9-20)42-31(33,34)35/h4-13,15,19,21H,14,16-18H2,1-3H3,(H,36,38)(H,37,40)/t19-,21?/m1/s1. The second kappa shape index (κ2) is 11.8. The Morgan fingerprint density at radius 2 is 1.79 bits per heavy atom. The van der Waals surface area contributed by atoms with Gasteiger partial charge in [0.15, 0.2) is 6.61 Å². The summed E-state index contributed by atoms with van der Waals surface area (Å²) in [6.45, 7) is 6.56. The van der Waals surface area contributed by atoms with Gasteiger partial charge in [-0.25, -0.2) is 4.98 Å². The van der Waals surface area contributed by atoms with Crippen LogP contribution >= 0.6 is 11.6 Å². The van der Waals surface area contributed by atoms with Crippen LogP contribution in [0.15, 0.2) is 66.7 Å². The molecule has 2 N–H and O–H groups in total. The maximum absolute atomic E-state index is 12.6. The molecule has 7 nitrogen and oxygen atoms in total. The van der Waals surface area contributed by atoms with Crippen molar-refractivity contribution in [2.45, 2.75) is 52.4 Å². The summed E-state index contributed by atoms with van der Waals surface area (Å²) in [4.78, 5) is 17.3. The number of para-hydroxylation sites is 1. The van der Waals surface area contributed by atoms with Gasteiger partial charge in [-0.3, -0.25) is 4.79 Å². The van der Waals surface area contributed by atoms with Crippen LogP contribution in [0.1, 0.15) is 46.1 Å². The smallest absolute Gasteiger partial charge is 0.484 e. The van der Waals surface area contributed by atoms with Crippen molar-refractivity contribution < 1.29 is 27.4 Å². The molecule has 2 atom stereocenters. The lowest BCUT2D eigenvalue weighted by molar-refractivity contribution is -0.274. The molecule has 0 bridgehead atoms. The normalized spacial score (nSPS) is 18.5. The van der Waals surface area contributed by atoms with E-state index < -0.39 is 6.36 Å². The second-order valence-electron chi connectivity index (χ2n) is 11.5. The van der Waals surface area contributed by atoms with Crippen molar-refractivity contribution in [2.24, 2.45) is 11.3 Å². The number of imidazole rings is 1. The first-order chi connectivity index (χ1) is 19.8. The van der Waals surface area contributed by atoms with E-state index in [9.17, 15) is 18.0 Å². The Hall–Kier alpha value is -3.92. The molecule has 5 rings (SSSR count). The molecule has 222 valence electrons. The van der Waals surface area contributed by atoms with Gasteiger partial charge < -0.3 is 24.7 Å². The molecule has 3 aromatic carbocycles. The highest BCUT2D eigenvalue weighted by molar-refractivity contribution is 6.33. The molecule has 1 aromatic heterocycles. The molecule has 1 unspecified atom stereocenters. The number of amides is 1. The summed E-state index contributed by atoms with van der Waals surface area (Å²) in [6, 6.07) is 18.1. The molecule has 0 aliphatic heterocycles. The summed E-state index contributed by atoms with van der Waals surface area (Å²) in [5, 5.41) is 6.45. The Bertz CT molecular complexity index is 1570. The SMILES string of the molecule is C[C@@H]1CC(n2c(Nc3ccc(OC(F)(F)F)cc3)nc3cc(OCC(=O)Nc4ccccc4Cl)ccc32)CC(C)(C)C1. The molecule has 0 radical (unpaired) electrons. The molecule has 4 aromatic rings. The van der Waals surface area contributed by atoms with Crippen LogP contribution in [0.4, 0.5) is 30.5 Å². The van der Waals surface area contributed by atoms with E-state index in [1.807, 2.05) is 6.07 Å². The predicted octanol–water partition coefficient (Wildman–Crippen LogP) is 8.74. The van der Waals surface area contributed by atoms with Gasteiger partial charge in [-0.2, -0.15) is 0 Å². The minimum absolute atomic E-state index is 0.130. The Morgan fingerprint density at radius 1 is 1.07 bits per heavy atom. The summed E-state index contributed by atoms with van der Waals surface area (Å²) < 4.78 is 49.8. The van der Waals surface area contributed by atoms with Crippen molar-refractivity contribution in [3.8, 4) is 11.5 Å². The van der Waals surface area contributed by atoms with E-state index in [0.29, 0.717) is 39.5 Å². The van der Waals surface area contributed by atoms with Crippen LogP contribution in [0.5, 0.6) is 11.5 Å². The molecule has 0 saturated heterocycles. The van der Waals surface area contributed by atoms with E-state index in [1.165, 1.54) is 24.3 Å². The van der Waals surface area contributed by atoms with Gasteiger partial charge in [-0.05, 0) is 79.1 Å². The number of aromatic nitrogens is 2. The van der Waals surface area contributed by atoms with Gasteiger partial charge in [0, 0.05) is 17.8 Å². The number of nitrogens with zero attached hydrogens (tertiary/aromatic N) is 2. The van der Waals surface area contributed by atoms with Crippen molar-refractivity contribution in [3.05, 3.63) is 71.8 Å². The average molecular weight is 601 g/mol. The Labute approximate surface area is 247 Å². The molecule has 1 aliphatic rings. The summed E-state index contributed by atoms with van der Waals surface area (Å²) >= 11 is 6.13. The number of hydrogen-bond donors (Lipinski definition) is 2. The number of nitrogens with one attached hydrogen (secondary N) is 2. The number of carbonyl (C=O) groups is 1. The van der Waals surface area contributed by atoms with E-state index in [4.69, 9.17) is 21.3 Å². The number of rotatable bonds is 8. The van der Waals surface area contributed by atoms with Gasteiger partial charge in [0.2, 0.25) is 5.95 Å². The lowest BCUT2D eigenvalue weighted by Gasteiger charge is -2.40. The zero-order valence-corrected chi connectivity index (χ0v) is 24.2. The molecule has 1 saturated carbocycles. The average Bonchev–Trinajstić information content (AvgIpc) is 3.25. The van der Waals surface area contributed by atoms with Crippen LogP contribution in [-0.2, 0) is 4.79 Å². The lowest BCUT2D eigenvalue weighted by atomic mass is 9.70. The van der Waals surface area contributed by atoms with Gasteiger partial charge in [-0.15, -0.1) is 13.2 Å². The Morgan fingerprint density at radius 3 is 2.48 bits per heavy atom. The van der Waals surface area contributed by atoms with Crippen molar-refractivity contribution in [2.75, 3.05) is 17.2 Å². The Balaban J connectivity index is 1.40. The van der Waals surface area contributed by atoms with Crippen molar-refractivity contribution >= 4 is 45.9 Å². The van der Waals surface area contributed by atoms with Crippen LogP contribution in [0.3, 0.4) is 0 Å². The molecule has 1 heterocycles. The summed E-state index contributed by atoms with van der Waals surface area (Å²) in [7, 11) is 0. The quantitative estimate of drug-likeness (QED) is 0.211. The first-order valence-electron chi connectivity index (χ1n) is 13.7. The zero-order valence-electron chi connectivity index (χ0n) is 23.5. The molecule has 11 heteroatoms. The minimum Gasteiger partial charge on any atom is -0.484 e. The van der Waals surface area contributed by atoms with E-state index in [-0.39, 0.29) is 29.7 Å². The largest absolute Gasteiger partial charge is 0.573 e. The van der Waals surface area contributed by atoms with Gasteiger partial charge in [0.1, 0.15) is 11.5 Å². The van der Waals surface area contributed by atoms with E-state index in [0.717, 1.165) is 24.8 Å². The van der Waals surface area contributed by atoms with Crippen molar-refractivity contribution in [3.63, 3.8) is 0 Å². The number of alkyl halides is 3. The molecular formula is C31H32ClF3N4O3. The van der Waals surface area contributed by atoms with Crippen LogP contribution in [0, 0.1) is 11.3 Å². The number of carbonyl (C=O) groups excluding carboxylic acids is 1. The molecule has 1 aliphatic carbocycles.